The van der Waals surface area contributed by atoms with Crippen LogP contribution in [0.25, 0.3) is 16.8 Å². The predicted molar refractivity (Wildman–Crippen MR) is 137 cm³/mol. The zero-order chi connectivity index (χ0) is 24.8. The Morgan fingerprint density at radius 1 is 1.20 bits per heavy atom. The molecule has 0 saturated heterocycles. The molecule has 1 atom stereocenters. The van der Waals surface area contributed by atoms with Crippen molar-refractivity contribution in [1.29, 1.82) is 0 Å². The number of aryl methyl sites for hydroxylation is 1. The summed E-state index contributed by atoms with van der Waals surface area (Å²) in [5.41, 5.74) is 5.35. The molecule has 182 valence electrons. The van der Waals surface area contributed by atoms with Crippen LogP contribution in [0.2, 0.25) is 0 Å². The molecule has 2 heterocycles. The van der Waals surface area contributed by atoms with Crippen molar-refractivity contribution in [3.8, 4) is 22.8 Å². The third-order valence-corrected chi connectivity index (χ3v) is 6.96. The van der Waals surface area contributed by atoms with Crippen molar-refractivity contribution in [2.45, 2.75) is 46.6 Å². The first-order chi connectivity index (χ1) is 16.9. The van der Waals surface area contributed by atoms with Gasteiger partial charge in [-0.15, -0.1) is 11.3 Å². The Labute approximate surface area is 209 Å². The monoisotopic (exact) mass is 491 g/mol. The van der Waals surface area contributed by atoms with Crippen molar-refractivity contribution in [2.75, 3.05) is 6.61 Å². The van der Waals surface area contributed by atoms with Crippen LogP contribution in [0.15, 0.2) is 54.6 Å². The van der Waals surface area contributed by atoms with Gasteiger partial charge in [-0.05, 0) is 55.0 Å². The normalized spacial score (nSPS) is 15.3. The summed E-state index contributed by atoms with van der Waals surface area (Å²) >= 11 is 1.64. The lowest BCUT2D eigenvalue weighted by atomic mass is 9.85. The second kappa shape index (κ2) is 11.3. The van der Waals surface area contributed by atoms with Gasteiger partial charge in [0.25, 0.3) is 0 Å². The van der Waals surface area contributed by atoms with Gasteiger partial charge in [-0.25, -0.2) is 19.7 Å². The van der Waals surface area contributed by atoms with Crippen LogP contribution in [-0.2, 0) is 11.4 Å². The van der Waals surface area contributed by atoms with Gasteiger partial charge < -0.3 is 14.6 Å². The van der Waals surface area contributed by atoms with Crippen molar-refractivity contribution in [1.82, 2.24) is 15.0 Å². The summed E-state index contributed by atoms with van der Waals surface area (Å²) in [5, 5.41) is 9.67. The maximum atomic E-state index is 10.7. The van der Waals surface area contributed by atoms with E-state index in [1.807, 2.05) is 13.0 Å². The van der Waals surface area contributed by atoms with Crippen LogP contribution in [0.4, 0.5) is 0 Å². The van der Waals surface area contributed by atoms with Crippen molar-refractivity contribution < 1.29 is 19.4 Å². The van der Waals surface area contributed by atoms with Crippen LogP contribution in [0.5, 0.6) is 11.5 Å². The van der Waals surface area contributed by atoms with E-state index in [1.54, 1.807) is 35.9 Å². The lowest BCUT2D eigenvalue weighted by molar-refractivity contribution is -0.139. The molecule has 8 heteroatoms. The third kappa shape index (κ3) is 6.14. The van der Waals surface area contributed by atoms with E-state index < -0.39 is 5.97 Å². The van der Waals surface area contributed by atoms with E-state index in [-0.39, 0.29) is 6.61 Å². The van der Waals surface area contributed by atoms with Crippen LogP contribution in [0.1, 0.15) is 48.6 Å². The molecule has 1 N–H and O–H groups in total. The topological polar surface area (TPSA) is 94.4 Å². The van der Waals surface area contributed by atoms with Gasteiger partial charge in [0.2, 0.25) is 0 Å². The summed E-state index contributed by atoms with van der Waals surface area (Å²) in [6, 6.07) is 5.33. The summed E-state index contributed by atoms with van der Waals surface area (Å²) in [7, 11) is 0. The molecule has 3 aromatic rings. The van der Waals surface area contributed by atoms with Gasteiger partial charge in [0.05, 0.1) is 10.6 Å². The van der Waals surface area contributed by atoms with E-state index in [4.69, 9.17) is 19.6 Å². The first-order valence-corrected chi connectivity index (χ1v) is 12.5. The average molecular weight is 492 g/mol. The van der Waals surface area contributed by atoms with Crippen molar-refractivity contribution in [3.05, 3.63) is 70.1 Å². The molecule has 0 bridgehead atoms. The Hall–Kier alpha value is -3.52. The summed E-state index contributed by atoms with van der Waals surface area (Å²) in [6.45, 7) is 6.30. The summed E-state index contributed by atoms with van der Waals surface area (Å²) in [5.74, 6) is 0.686. The lowest BCUT2D eigenvalue weighted by Gasteiger charge is -2.21. The van der Waals surface area contributed by atoms with E-state index in [0.29, 0.717) is 24.0 Å². The van der Waals surface area contributed by atoms with Crippen LogP contribution in [-0.4, -0.2) is 32.6 Å². The molecule has 1 aromatic carbocycles. The van der Waals surface area contributed by atoms with Gasteiger partial charge in [-0.2, -0.15) is 0 Å². The minimum Gasteiger partial charge on any atom is -0.486 e. The predicted octanol–water partition coefficient (Wildman–Crippen LogP) is 6.10. The number of aromatic nitrogens is 3. The Morgan fingerprint density at radius 2 is 2.00 bits per heavy atom. The SMILES string of the molecule is CCCC1=CC=C(c2sc(COc3ccc(OCC(=O)O)c(C)c3)nc2-c2cncnc2)CC1C. The first kappa shape index (κ1) is 24.6. The Kier molecular flexibility index (Phi) is 7.92. The fraction of sp³-hybridized carbons (Fsp3) is 0.333. The van der Waals surface area contributed by atoms with Gasteiger partial charge >= 0.3 is 5.97 Å². The maximum absolute atomic E-state index is 10.7. The number of hydrogen-bond donors (Lipinski definition) is 1. The molecule has 35 heavy (non-hydrogen) atoms. The highest BCUT2D eigenvalue weighted by Gasteiger charge is 2.22. The Balaban J connectivity index is 1.56. The maximum Gasteiger partial charge on any atom is 0.341 e. The highest BCUT2D eigenvalue weighted by molar-refractivity contribution is 7.13. The molecular formula is C27H29N3O4S. The number of aliphatic carboxylic acids is 1. The number of carbonyl (C=O) groups is 1. The minimum absolute atomic E-state index is 0.319. The number of thiazole rings is 1. The van der Waals surface area contributed by atoms with E-state index >= 15 is 0 Å². The second-order valence-corrected chi connectivity index (χ2v) is 9.68. The van der Waals surface area contributed by atoms with Crippen LogP contribution >= 0.6 is 11.3 Å². The number of ether oxygens (including phenoxy) is 2. The first-order valence-electron chi connectivity index (χ1n) is 11.7. The number of allylic oxidation sites excluding steroid dienone is 4. The molecule has 4 rings (SSSR count). The molecule has 1 unspecified atom stereocenters. The van der Waals surface area contributed by atoms with Crippen molar-refractivity contribution in [3.63, 3.8) is 0 Å². The summed E-state index contributed by atoms with van der Waals surface area (Å²) in [6.07, 6.45) is 12.9. The number of rotatable bonds is 10. The molecule has 1 aliphatic rings. The lowest BCUT2D eigenvalue weighted by Crippen LogP contribution is -2.10. The molecule has 0 amide bonds. The van der Waals surface area contributed by atoms with Crippen LogP contribution in [0, 0.1) is 12.8 Å². The highest BCUT2D eigenvalue weighted by Crippen LogP contribution is 2.40. The number of carboxylic acids is 1. The van der Waals surface area contributed by atoms with Crippen molar-refractivity contribution in [2.24, 2.45) is 5.92 Å². The van der Waals surface area contributed by atoms with E-state index in [0.717, 1.165) is 46.0 Å². The summed E-state index contributed by atoms with van der Waals surface area (Å²) in [4.78, 5) is 25.2. The molecule has 1 aliphatic carbocycles. The van der Waals surface area contributed by atoms with Crippen LogP contribution < -0.4 is 9.47 Å². The molecule has 7 nitrogen and oxygen atoms in total. The number of carboxylic acid groups (broad SMARTS) is 1. The van der Waals surface area contributed by atoms with Gasteiger partial charge in [-0.1, -0.05) is 38.0 Å². The van der Waals surface area contributed by atoms with Gasteiger partial charge in [-0.3, -0.25) is 0 Å². The average Bonchev–Trinajstić information content (AvgIpc) is 3.28. The molecule has 2 aromatic heterocycles. The molecule has 0 fully saturated rings. The number of nitrogens with zero attached hydrogens (tertiary/aromatic N) is 3. The van der Waals surface area contributed by atoms with Gasteiger partial charge in [0.1, 0.15) is 29.4 Å². The van der Waals surface area contributed by atoms with E-state index in [9.17, 15) is 4.79 Å². The standard InChI is InChI=1S/C27H29N3O4S/c1-4-5-19-6-7-20(10-17(19)2)27-26(21-12-28-16-29-13-21)30-24(35-27)14-33-22-8-9-23(18(3)11-22)34-15-25(31)32/h6-9,11-13,16-17H,4-5,10,14-15H2,1-3H3,(H,31,32). The zero-order valence-electron chi connectivity index (χ0n) is 20.2. The fourth-order valence-corrected chi connectivity index (χ4v) is 5.14. The largest absolute Gasteiger partial charge is 0.486 e. The van der Waals surface area contributed by atoms with E-state index in [1.165, 1.54) is 17.5 Å². The second-order valence-electron chi connectivity index (χ2n) is 8.60. The Bertz CT molecular complexity index is 1250. The zero-order valence-corrected chi connectivity index (χ0v) is 21.0. The van der Waals surface area contributed by atoms with Crippen molar-refractivity contribution >= 4 is 22.9 Å². The van der Waals surface area contributed by atoms with Gasteiger partial charge in [0.15, 0.2) is 6.61 Å². The number of benzene rings is 1. The molecule has 0 spiro atoms. The summed E-state index contributed by atoms with van der Waals surface area (Å²) < 4.78 is 11.3. The highest BCUT2D eigenvalue weighted by atomic mass is 32.1. The fourth-order valence-electron chi connectivity index (χ4n) is 4.11. The van der Waals surface area contributed by atoms with Gasteiger partial charge in [0, 0.05) is 18.0 Å². The quantitative estimate of drug-likeness (QED) is 0.366. The third-order valence-electron chi connectivity index (χ3n) is 5.85. The smallest absolute Gasteiger partial charge is 0.341 e. The molecule has 0 saturated carbocycles. The molecular weight excluding hydrogens is 462 g/mol. The molecule has 0 aliphatic heterocycles. The minimum atomic E-state index is -1.01. The molecule has 0 radical (unpaired) electrons. The number of hydrogen-bond acceptors (Lipinski definition) is 7. The Morgan fingerprint density at radius 3 is 2.69 bits per heavy atom. The van der Waals surface area contributed by atoms with E-state index in [2.05, 4.69) is 36.0 Å². The van der Waals surface area contributed by atoms with Crippen LogP contribution in [0.3, 0.4) is 0 Å².